The third kappa shape index (κ3) is 5.68. The zero-order chi connectivity index (χ0) is 23.2. The topological polar surface area (TPSA) is 108 Å². The predicted molar refractivity (Wildman–Crippen MR) is 125 cm³/mol. The van der Waals surface area contributed by atoms with Crippen LogP contribution in [0.2, 0.25) is 0 Å². The maximum Gasteiger partial charge on any atom is 0.255 e. The molecule has 2 amide bonds. The Morgan fingerprint density at radius 3 is 1.70 bits per heavy atom. The number of aromatic hydroxyl groups is 2. The second-order valence-corrected chi connectivity index (χ2v) is 7.16. The number of amides is 2. The quantitative estimate of drug-likeness (QED) is 0.321. The van der Waals surface area contributed by atoms with Crippen LogP contribution in [0.4, 0.5) is 11.4 Å². The fraction of sp³-hybridized carbons (Fsp3) is 0. The number of benzene rings is 4. The average Bonchev–Trinajstić information content (AvgIpc) is 2.80. The second-order valence-electron chi connectivity index (χ2n) is 7.16. The van der Waals surface area contributed by atoms with Gasteiger partial charge in [0.15, 0.2) is 0 Å². The number of nitrogens with one attached hydrogen (secondary N) is 2. The molecule has 0 aliphatic heterocycles. The van der Waals surface area contributed by atoms with E-state index in [0.29, 0.717) is 34.0 Å². The highest BCUT2D eigenvalue weighted by atomic mass is 16.5. The molecule has 0 radical (unpaired) electrons. The lowest BCUT2D eigenvalue weighted by Crippen LogP contribution is -2.12. The Morgan fingerprint density at radius 2 is 1.12 bits per heavy atom. The largest absolute Gasteiger partial charge is 0.508 e. The molecule has 7 heteroatoms. The van der Waals surface area contributed by atoms with E-state index in [0.717, 1.165) is 0 Å². The molecule has 0 heterocycles. The van der Waals surface area contributed by atoms with Crippen LogP contribution in [0.3, 0.4) is 0 Å². The van der Waals surface area contributed by atoms with Crippen molar-refractivity contribution >= 4 is 23.2 Å². The van der Waals surface area contributed by atoms with E-state index in [1.54, 1.807) is 72.8 Å². The van der Waals surface area contributed by atoms with Crippen molar-refractivity contribution in [3.63, 3.8) is 0 Å². The van der Waals surface area contributed by atoms with E-state index in [4.69, 9.17) is 4.74 Å². The summed E-state index contributed by atoms with van der Waals surface area (Å²) in [7, 11) is 0. The third-order valence-electron chi connectivity index (χ3n) is 4.66. The summed E-state index contributed by atoms with van der Waals surface area (Å²) in [6.45, 7) is 0. The lowest BCUT2D eigenvalue weighted by atomic mass is 10.2. The molecule has 0 aliphatic carbocycles. The van der Waals surface area contributed by atoms with Gasteiger partial charge in [0.25, 0.3) is 11.8 Å². The van der Waals surface area contributed by atoms with Crippen molar-refractivity contribution in [3.05, 3.63) is 108 Å². The number of carbonyl (C=O) groups excluding carboxylic acids is 2. The van der Waals surface area contributed by atoms with Gasteiger partial charge < -0.3 is 25.6 Å². The first kappa shape index (κ1) is 21.5. The van der Waals surface area contributed by atoms with Gasteiger partial charge in [-0.05, 0) is 66.7 Å². The molecule has 33 heavy (non-hydrogen) atoms. The Bertz CT molecular complexity index is 1300. The van der Waals surface area contributed by atoms with Crippen LogP contribution in [0.1, 0.15) is 20.7 Å². The molecule has 0 spiro atoms. The fourth-order valence-corrected chi connectivity index (χ4v) is 3.09. The molecular formula is C26H20N2O5. The van der Waals surface area contributed by atoms with Gasteiger partial charge >= 0.3 is 0 Å². The van der Waals surface area contributed by atoms with E-state index in [1.165, 1.54) is 24.3 Å². The molecule has 4 aromatic rings. The standard InChI is InChI=1S/C26H20N2O5/c29-21-7-2-5-19(15-21)27-25(31)17-10-12-23(13-11-17)33-24-9-1-4-18(14-24)26(32)28-20-6-3-8-22(30)16-20/h1-16,29-30H,(H,27,31)(H,28,32). The van der Waals surface area contributed by atoms with Gasteiger partial charge in [0.1, 0.15) is 23.0 Å². The van der Waals surface area contributed by atoms with Crippen LogP contribution in [0.15, 0.2) is 97.1 Å². The van der Waals surface area contributed by atoms with Crippen molar-refractivity contribution in [2.45, 2.75) is 0 Å². The summed E-state index contributed by atoms with van der Waals surface area (Å²) in [5.74, 6) is 0.408. The Labute approximate surface area is 189 Å². The summed E-state index contributed by atoms with van der Waals surface area (Å²) in [4.78, 5) is 24.9. The van der Waals surface area contributed by atoms with Gasteiger partial charge in [-0.3, -0.25) is 9.59 Å². The smallest absolute Gasteiger partial charge is 0.255 e. The number of phenols is 2. The summed E-state index contributed by atoms with van der Waals surface area (Å²) in [5.41, 5.74) is 1.77. The highest BCUT2D eigenvalue weighted by Gasteiger charge is 2.10. The van der Waals surface area contributed by atoms with Crippen LogP contribution < -0.4 is 15.4 Å². The number of hydrogen-bond acceptors (Lipinski definition) is 5. The molecule has 4 rings (SSSR count). The van der Waals surface area contributed by atoms with Crippen LogP contribution in [0, 0.1) is 0 Å². The Balaban J connectivity index is 1.41. The molecule has 4 N–H and O–H groups in total. The summed E-state index contributed by atoms with van der Waals surface area (Å²) >= 11 is 0. The first-order valence-electron chi connectivity index (χ1n) is 10.0. The lowest BCUT2D eigenvalue weighted by Gasteiger charge is -2.10. The van der Waals surface area contributed by atoms with Crippen molar-refractivity contribution in [3.8, 4) is 23.0 Å². The molecule has 164 valence electrons. The zero-order valence-electron chi connectivity index (χ0n) is 17.4. The number of rotatable bonds is 6. The zero-order valence-corrected chi connectivity index (χ0v) is 17.4. The molecular weight excluding hydrogens is 420 g/mol. The highest BCUT2D eigenvalue weighted by Crippen LogP contribution is 2.24. The summed E-state index contributed by atoms with van der Waals surface area (Å²) in [6, 6.07) is 25.8. The minimum absolute atomic E-state index is 0.0592. The minimum atomic E-state index is -0.343. The van der Waals surface area contributed by atoms with Crippen molar-refractivity contribution in [2.24, 2.45) is 0 Å². The van der Waals surface area contributed by atoms with Crippen molar-refractivity contribution in [1.29, 1.82) is 0 Å². The van der Waals surface area contributed by atoms with Crippen molar-refractivity contribution in [1.82, 2.24) is 0 Å². The van der Waals surface area contributed by atoms with Crippen LogP contribution in [-0.2, 0) is 0 Å². The van der Waals surface area contributed by atoms with Crippen LogP contribution in [0.25, 0.3) is 0 Å². The van der Waals surface area contributed by atoms with Crippen molar-refractivity contribution < 1.29 is 24.5 Å². The minimum Gasteiger partial charge on any atom is -0.508 e. The average molecular weight is 440 g/mol. The van der Waals surface area contributed by atoms with E-state index < -0.39 is 0 Å². The molecule has 4 aromatic carbocycles. The highest BCUT2D eigenvalue weighted by molar-refractivity contribution is 6.05. The van der Waals surface area contributed by atoms with E-state index in [2.05, 4.69) is 10.6 Å². The normalized spacial score (nSPS) is 10.3. The summed E-state index contributed by atoms with van der Waals surface area (Å²) < 4.78 is 5.82. The number of carbonyl (C=O) groups is 2. The number of hydrogen-bond donors (Lipinski definition) is 4. The van der Waals surface area contributed by atoms with Gasteiger partial charge in [-0.2, -0.15) is 0 Å². The molecule has 7 nitrogen and oxygen atoms in total. The van der Waals surface area contributed by atoms with Gasteiger partial charge in [0.05, 0.1) is 0 Å². The monoisotopic (exact) mass is 440 g/mol. The molecule has 0 aromatic heterocycles. The van der Waals surface area contributed by atoms with Gasteiger partial charge in [-0.25, -0.2) is 0 Å². The Hall–Kier alpha value is -4.78. The summed E-state index contributed by atoms with van der Waals surface area (Å²) in [5, 5.41) is 24.5. The fourth-order valence-electron chi connectivity index (χ4n) is 3.09. The second kappa shape index (κ2) is 9.57. The van der Waals surface area contributed by atoms with Crippen LogP contribution in [0.5, 0.6) is 23.0 Å². The first-order valence-corrected chi connectivity index (χ1v) is 10.0. The molecule has 0 saturated carbocycles. The van der Waals surface area contributed by atoms with E-state index in [-0.39, 0.29) is 23.3 Å². The summed E-state index contributed by atoms with van der Waals surface area (Å²) in [6.07, 6.45) is 0. The molecule has 0 atom stereocenters. The van der Waals surface area contributed by atoms with Gasteiger partial charge in [-0.1, -0.05) is 18.2 Å². The van der Waals surface area contributed by atoms with Gasteiger partial charge in [0.2, 0.25) is 0 Å². The number of anilines is 2. The predicted octanol–water partition coefficient (Wildman–Crippen LogP) is 5.39. The van der Waals surface area contributed by atoms with Gasteiger partial charge in [-0.15, -0.1) is 0 Å². The van der Waals surface area contributed by atoms with E-state index in [9.17, 15) is 19.8 Å². The number of ether oxygens (including phenoxy) is 1. The molecule has 0 unspecified atom stereocenters. The molecule has 0 fully saturated rings. The SMILES string of the molecule is O=C(Nc1cccc(O)c1)c1ccc(Oc2cccc(C(=O)Nc3cccc(O)c3)c2)cc1. The number of phenolic OH excluding ortho intramolecular Hbond substituents is 2. The molecule has 0 saturated heterocycles. The molecule has 0 bridgehead atoms. The van der Waals surface area contributed by atoms with Gasteiger partial charge in [0, 0.05) is 34.6 Å². The maximum atomic E-state index is 12.5. The maximum absolute atomic E-state index is 12.5. The Kier molecular flexibility index (Phi) is 6.22. The first-order chi connectivity index (χ1) is 16.0. The third-order valence-corrected chi connectivity index (χ3v) is 4.66. The van der Waals surface area contributed by atoms with Crippen molar-refractivity contribution in [2.75, 3.05) is 10.6 Å². The molecule has 0 aliphatic rings. The lowest BCUT2D eigenvalue weighted by molar-refractivity contribution is 0.101. The van der Waals surface area contributed by atoms with Crippen LogP contribution in [-0.4, -0.2) is 22.0 Å². The van der Waals surface area contributed by atoms with E-state index >= 15 is 0 Å². The van der Waals surface area contributed by atoms with E-state index in [1.807, 2.05) is 0 Å². The Morgan fingerprint density at radius 1 is 0.576 bits per heavy atom. The van der Waals surface area contributed by atoms with Crippen LogP contribution >= 0.6 is 0 Å².